The molecular formula is C19H23N7O. The summed E-state index contributed by atoms with van der Waals surface area (Å²) in [5.74, 6) is 0.716. The van der Waals surface area contributed by atoms with Crippen LogP contribution in [-0.4, -0.2) is 44.9 Å². The number of nitrogens with two attached hydrogens (primary N) is 1. The van der Waals surface area contributed by atoms with E-state index in [1.165, 1.54) is 0 Å². The molecule has 0 aliphatic carbocycles. The van der Waals surface area contributed by atoms with Crippen molar-refractivity contribution < 1.29 is 4.79 Å². The van der Waals surface area contributed by atoms with E-state index in [0.29, 0.717) is 23.1 Å². The van der Waals surface area contributed by atoms with Gasteiger partial charge in [-0.3, -0.25) is 14.2 Å². The molecule has 0 unspecified atom stereocenters. The van der Waals surface area contributed by atoms with E-state index in [9.17, 15) is 4.79 Å². The molecule has 1 amide bonds. The summed E-state index contributed by atoms with van der Waals surface area (Å²) >= 11 is 0. The summed E-state index contributed by atoms with van der Waals surface area (Å²) in [6, 6.07) is 3.82. The van der Waals surface area contributed by atoms with Crippen molar-refractivity contribution >= 4 is 17.4 Å². The van der Waals surface area contributed by atoms with Crippen molar-refractivity contribution in [3.8, 4) is 11.3 Å². The maximum absolute atomic E-state index is 11.8. The van der Waals surface area contributed by atoms with Crippen LogP contribution in [0.3, 0.4) is 0 Å². The van der Waals surface area contributed by atoms with Gasteiger partial charge in [0.15, 0.2) is 11.5 Å². The minimum atomic E-state index is -0.536. The zero-order chi connectivity index (χ0) is 18.8. The fourth-order valence-corrected chi connectivity index (χ4v) is 3.50. The molecule has 0 saturated carbocycles. The third kappa shape index (κ3) is 3.48. The molecule has 0 atom stereocenters. The fraction of sp³-hybridized carbons (Fsp3) is 0.368. The summed E-state index contributed by atoms with van der Waals surface area (Å²) in [4.78, 5) is 25.0. The Morgan fingerprint density at radius 3 is 2.74 bits per heavy atom. The van der Waals surface area contributed by atoms with Crippen LogP contribution < -0.4 is 16.4 Å². The molecule has 0 bridgehead atoms. The van der Waals surface area contributed by atoms with Crippen LogP contribution in [0.15, 0.2) is 30.7 Å². The number of primary amides is 1. The van der Waals surface area contributed by atoms with E-state index in [1.807, 2.05) is 29.7 Å². The molecule has 8 heteroatoms. The largest absolute Gasteiger partial charge is 0.367 e. The summed E-state index contributed by atoms with van der Waals surface area (Å²) in [5.41, 5.74) is 8.83. The maximum atomic E-state index is 11.8. The lowest BCUT2D eigenvalue weighted by molar-refractivity contribution is 0.0995. The normalized spacial score (nSPS) is 15.1. The van der Waals surface area contributed by atoms with Gasteiger partial charge in [-0.25, -0.2) is 9.97 Å². The Balaban J connectivity index is 1.76. The van der Waals surface area contributed by atoms with Crippen molar-refractivity contribution in [2.75, 3.05) is 25.0 Å². The van der Waals surface area contributed by atoms with Gasteiger partial charge in [0.2, 0.25) is 0 Å². The third-order valence-corrected chi connectivity index (χ3v) is 5.07. The Morgan fingerprint density at radius 2 is 2.04 bits per heavy atom. The van der Waals surface area contributed by atoms with Crippen LogP contribution in [0, 0.1) is 12.8 Å². The second kappa shape index (κ2) is 7.32. The second-order valence-corrected chi connectivity index (χ2v) is 6.89. The number of amides is 1. The highest BCUT2D eigenvalue weighted by molar-refractivity contribution is 5.93. The van der Waals surface area contributed by atoms with Gasteiger partial charge >= 0.3 is 0 Å². The number of fused-ring (bicyclic) bond motifs is 1. The average Bonchev–Trinajstić information content (AvgIpc) is 3.05. The lowest BCUT2D eigenvalue weighted by atomic mass is 9.98. The van der Waals surface area contributed by atoms with Gasteiger partial charge in [0, 0.05) is 30.7 Å². The van der Waals surface area contributed by atoms with Crippen LogP contribution in [0.1, 0.15) is 29.0 Å². The van der Waals surface area contributed by atoms with Gasteiger partial charge in [0.25, 0.3) is 5.91 Å². The van der Waals surface area contributed by atoms with Crippen LogP contribution in [0.2, 0.25) is 0 Å². The zero-order valence-corrected chi connectivity index (χ0v) is 15.3. The summed E-state index contributed by atoms with van der Waals surface area (Å²) in [5, 5.41) is 6.84. The number of aryl methyl sites for hydroxylation is 1. The summed E-state index contributed by atoms with van der Waals surface area (Å²) in [6.45, 7) is 4.75. The average molecular weight is 365 g/mol. The molecule has 4 rings (SSSR count). The van der Waals surface area contributed by atoms with Crippen molar-refractivity contribution in [3.63, 3.8) is 0 Å². The number of aromatic nitrogens is 4. The van der Waals surface area contributed by atoms with E-state index in [4.69, 9.17) is 10.7 Å². The molecular weight excluding hydrogens is 342 g/mol. The predicted octanol–water partition coefficient (Wildman–Crippen LogP) is 1.61. The van der Waals surface area contributed by atoms with E-state index in [-0.39, 0.29) is 5.69 Å². The molecule has 8 nitrogen and oxygen atoms in total. The molecule has 1 aliphatic heterocycles. The number of pyridine rings is 1. The molecule has 27 heavy (non-hydrogen) atoms. The lowest BCUT2D eigenvalue weighted by Gasteiger charge is -2.23. The van der Waals surface area contributed by atoms with Gasteiger partial charge in [-0.05, 0) is 50.9 Å². The van der Waals surface area contributed by atoms with Crippen molar-refractivity contribution in [2.45, 2.75) is 19.8 Å². The lowest BCUT2D eigenvalue weighted by Crippen LogP contribution is -2.31. The Labute approximate surface area is 157 Å². The van der Waals surface area contributed by atoms with Gasteiger partial charge in [-0.15, -0.1) is 0 Å². The Morgan fingerprint density at radius 1 is 1.30 bits per heavy atom. The second-order valence-electron chi connectivity index (χ2n) is 6.89. The van der Waals surface area contributed by atoms with Crippen LogP contribution >= 0.6 is 0 Å². The maximum Gasteiger partial charge on any atom is 0.269 e. The number of imidazole rings is 1. The van der Waals surface area contributed by atoms with Gasteiger partial charge in [-0.1, -0.05) is 0 Å². The molecule has 1 fully saturated rings. The van der Waals surface area contributed by atoms with Crippen LogP contribution in [0.5, 0.6) is 0 Å². The van der Waals surface area contributed by atoms with E-state index in [1.54, 1.807) is 12.4 Å². The number of hydrogen-bond acceptors (Lipinski definition) is 6. The number of carbonyl (C=O) groups excluding carboxylic acids is 1. The standard InChI is InChI=1S/C19H23N7O/c1-12-16(17(20)27)25-19-18(23-10-13-2-6-21-7-3-13)24-15(11-26(12)19)14-4-8-22-9-5-14/h4-5,8-9,11,13,21H,2-3,6-7,10H2,1H3,(H2,20,27)(H,23,24). The first-order valence-electron chi connectivity index (χ1n) is 9.18. The van der Waals surface area contributed by atoms with E-state index in [0.717, 1.165) is 43.7 Å². The number of nitrogens with zero attached hydrogens (tertiary/aromatic N) is 4. The number of nitrogens with one attached hydrogen (secondary N) is 2. The number of piperidine rings is 1. The highest BCUT2D eigenvalue weighted by Gasteiger charge is 2.19. The number of hydrogen-bond donors (Lipinski definition) is 3. The number of rotatable bonds is 5. The minimum absolute atomic E-state index is 0.272. The molecule has 1 saturated heterocycles. The summed E-state index contributed by atoms with van der Waals surface area (Å²) < 4.78 is 1.88. The molecule has 0 spiro atoms. The van der Waals surface area contributed by atoms with Crippen LogP contribution in [0.25, 0.3) is 16.9 Å². The third-order valence-electron chi connectivity index (χ3n) is 5.07. The fourth-order valence-electron chi connectivity index (χ4n) is 3.50. The Bertz CT molecular complexity index is 961. The molecule has 3 aromatic heterocycles. The molecule has 4 heterocycles. The first-order chi connectivity index (χ1) is 13.1. The minimum Gasteiger partial charge on any atom is -0.367 e. The molecule has 0 radical (unpaired) electrons. The molecule has 3 aromatic rings. The van der Waals surface area contributed by atoms with Crippen LogP contribution in [-0.2, 0) is 0 Å². The van der Waals surface area contributed by atoms with Crippen molar-refractivity contribution in [1.29, 1.82) is 0 Å². The van der Waals surface area contributed by atoms with Crippen molar-refractivity contribution in [3.05, 3.63) is 42.1 Å². The van der Waals surface area contributed by atoms with E-state index >= 15 is 0 Å². The first-order valence-corrected chi connectivity index (χ1v) is 9.18. The van der Waals surface area contributed by atoms with Crippen molar-refractivity contribution in [1.82, 2.24) is 24.7 Å². The predicted molar refractivity (Wildman–Crippen MR) is 104 cm³/mol. The van der Waals surface area contributed by atoms with Crippen molar-refractivity contribution in [2.24, 2.45) is 11.7 Å². The number of carbonyl (C=O) groups is 1. The highest BCUT2D eigenvalue weighted by atomic mass is 16.1. The number of anilines is 1. The molecule has 4 N–H and O–H groups in total. The first kappa shape index (κ1) is 17.4. The van der Waals surface area contributed by atoms with E-state index in [2.05, 4.69) is 20.6 Å². The molecule has 140 valence electrons. The Hall–Kier alpha value is -3.00. The topological polar surface area (TPSA) is 110 Å². The Kier molecular flexibility index (Phi) is 4.72. The summed E-state index contributed by atoms with van der Waals surface area (Å²) in [7, 11) is 0. The van der Waals surface area contributed by atoms with Gasteiger partial charge in [-0.2, -0.15) is 0 Å². The van der Waals surface area contributed by atoms with Gasteiger partial charge in [0.05, 0.1) is 11.4 Å². The smallest absolute Gasteiger partial charge is 0.269 e. The molecule has 0 aromatic carbocycles. The van der Waals surface area contributed by atoms with Crippen LogP contribution in [0.4, 0.5) is 5.82 Å². The monoisotopic (exact) mass is 365 g/mol. The quantitative estimate of drug-likeness (QED) is 0.634. The van der Waals surface area contributed by atoms with Gasteiger partial charge < -0.3 is 16.4 Å². The zero-order valence-electron chi connectivity index (χ0n) is 15.3. The van der Waals surface area contributed by atoms with E-state index < -0.39 is 5.91 Å². The molecule has 1 aliphatic rings. The van der Waals surface area contributed by atoms with Gasteiger partial charge in [0.1, 0.15) is 5.69 Å². The summed E-state index contributed by atoms with van der Waals surface area (Å²) in [6.07, 6.45) is 7.62. The SMILES string of the molecule is Cc1c(C(N)=O)nc2c(NCC3CCNCC3)nc(-c3ccncc3)cn12. The highest BCUT2D eigenvalue weighted by Crippen LogP contribution is 2.25.